The lowest BCUT2D eigenvalue weighted by Gasteiger charge is -2.20. The van der Waals surface area contributed by atoms with Gasteiger partial charge in [0.1, 0.15) is 24.2 Å². The number of hydrogen-bond donors (Lipinski definition) is 2. The highest BCUT2D eigenvalue weighted by Gasteiger charge is 2.35. The second kappa shape index (κ2) is 9.41. The van der Waals surface area contributed by atoms with Gasteiger partial charge in [-0.2, -0.15) is 5.10 Å². The number of carbonyl (C=O) groups is 2. The van der Waals surface area contributed by atoms with Crippen LogP contribution in [0.1, 0.15) is 12.6 Å². The molecule has 0 unspecified atom stereocenters. The zero-order valence-electron chi connectivity index (χ0n) is 19.0. The number of hydrogen-bond acceptors (Lipinski definition) is 6. The number of fused-ring (bicyclic) bond motifs is 1. The van der Waals surface area contributed by atoms with Crippen molar-refractivity contribution in [2.24, 2.45) is 5.73 Å². The van der Waals surface area contributed by atoms with E-state index < -0.39 is 36.9 Å². The Bertz CT molecular complexity index is 1270. The standard InChI is InChI=1S/C24H23F3N4O4/c1-13(28)23(33)35-12-24(26,27)11-31-22(15-3-6-17(25)7-4-15)21(14(2)30-31)16-5-8-19-18(9-16)29-20(32)10-34-19/h3-9,13H,10-12,28H2,1-2H3,(H,29,32)/t13-/m0/s1. The van der Waals surface area contributed by atoms with Gasteiger partial charge in [0.05, 0.1) is 17.1 Å². The largest absolute Gasteiger partial charge is 0.482 e. The molecule has 0 radical (unpaired) electrons. The van der Waals surface area contributed by atoms with Gasteiger partial charge in [0, 0.05) is 11.1 Å². The predicted octanol–water partition coefficient (Wildman–Crippen LogP) is 3.52. The van der Waals surface area contributed by atoms with Crippen LogP contribution >= 0.6 is 0 Å². The van der Waals surface area contributed by atoms with Gasteiger partial charge < -0.3 is 20.5 Å². The molecular weight excluding hydrogens is 465 g/mol. The Hall–Kier alpha value is -3.86. The van der Waals surface area contributed by atoms with E-state index >= 15 is 0 Å². The average molecular weight is 488 g/mol. The summed E-state index contributed by atoms with van der Waals surface area (Å²) in [5.74, 6) is -4.74. The number of halogens is 3. The summed E-state index contributed by atoms with van der Waals surface area (Å²) in [5, 5.41) is 7.04. The zero-order valence-corrected chi connectivity index (χ0v) is 19.0. The minimum absolute atomic E-state index is 0.104. The van der Waals surface area contributed by atoms with E-state index in [1.165, 1.54) is 31.2 Å². The van der Waals surface area contributed by atoms with Crippen molar-refractivity contribution in [2.75, 3.05) is 18.5 Å². The summed E-state index contributed by atoms with van der Waals surface area (Å²) in [5.41, 5.74) is 8.09. The molecule has 3 aromatic rings. The summed E-state index contributed by atoms with van der Waals surface area (Å²) in [7, 11) is 0. The monoisotopic (exact) mass is 488 g/mol. The number of aryl methyl sites for hydroxylation is 1. The second-order valence-electron chi connectivity index (χ2n) is 8.27. The molecular formula is C24H23F3N4O4. The average Bonchev–Trinajstić information content (AvgIpc) is 3.12. The maximum Gasteiger partial charge on any atom is 0.322 e. The van der Waals surface area contributed by atoms with Crippen LogP contribution < -0.4 is 15.8 Å². The third kappa shape index (κ3) is 5.29. The number of amides is 1. The van der Waals surface area contributed by atoms with Crippen LogP contribution in [0.2, 0.25) is 0 Å². The predicted molar refractivity (Wildman–Crippen MR) is 121 cm³/mol. The zero-order chi connectivity index (χ0) is 25.3. The van der Waals surface area contributed by atoms with Gasteiger partial charge in [-0.3, -0.25) is 14.3 Å². The third-order valence-electron chi connectivity index (χ3n) is 5.32. The molecule has 1 atom stereocenters. The lowest BCUT2D eigenvalue weighted by Crippen LogP contribution is -2.36. The van der Waals surface area contributed by atoms with E-state index in [0.29, 0.717) is 39.5 Å². The SMILES string of the molecule is Cc1nn(CC(F)(F)COC(=O)[C@H](C)N)c(-c2ccc(F)cc2)c1-c1ccc2c(c1)NC(=O)CO2. The normalized spacial score (nSPS) is 14.1. The number of anilines is 1. The lowest BCUT2D eigenvalue weighted by atomic mass is 9.98. The first-order valence-corrected chi connectivity index (χ1v) is 10.7. The summed E-state index contributed by atoms with van der Waals surface area (Å²) >= 11 is 0. The molecule has 2 aromatic carbocycles. The maximum atomic E-state index is 14.8. The van der Waals surface area contributed by atoms with Crippen LogP contribution in [0, 0.1) is 12.7 Å². The Balaban J connectivity index is 1.77. The second-order valence-corrected chi connectivity index (χ2v) is 8.27. The topological polar surface area (TPSA) is 108 Å². The van der Waals surface area contributed by atoms with Crippen LogP contribution in [0.5, 0.6) is 5.75 Å². The molecule has 184 valence electrons. The molecule has 1 amide bonds. The summed E-state index contributed by atoms with van der Waals surface area (Å²) in [6.45, 7) is 0.806. The number of rotatable bonds is 7. The fourth-order valence-corrected chi connectivity index (χ4v) is 3.75. The van der Waals surface area contributed by atoms with Crippen molar-refractivity contribution in [2.45, 2.75) is 32.4 Å². The Morgan fingerprint density at radius 2 is 1.94 bits per heavy atom. The quantitative estimate of drug-likeness (QED) is 0.493. The van der Waals surface area contributed by atoms with Crippen molar-refractivity contribution in [3.63, 3.8) is 0 Å². The van der Waals surface area contributed by atoms with Gasteiger partial charge in [0.25, 0.3) is 5.91 Å². The number of esters is 1. The molecule has 0 saturated carbocycles. The summed E-state index contributed by atoms with van der Waals surface area (Å²) in [6.07, 6.45) is 0. The fourth-order valence-electron chi connectivity index (χ4n) is 3.75. The van der Waals surface area contributed by atoms with E-state index in [-0.39, 0.29) is 12.5 Å². The molecule has 11 heteroatoms. The van der Waals surface area contributed by atoms with Crippen molar-refractivity contribution < 1.29 is 32.2 Å². The minimum atomic E-state index is -3.47. The van der Waals surface area contributed by atoms with Crippen LogP contribution in [0.25, 0.3) is 22.4 Å². The Labute approximate surface area is 198 Å². The molecule has 8 nitrogen and oxygen atoms in total. The van der Waals surface area contributed by atoms with Crippen LogP contribution in [-0.2, 0) is 20.9 Å². The highest BCUT2D eigenvalue weighted by atomic mass is 19.3. The number of nitrogens with zero attached hydrogens (tertiary/aromatic N) is 2. The highest BCUT2D eigenvalue weighted by Crippen LogP contribution is 2.40. The van der Waals surface area contributed by atoms with Gasteiger partial charge >= 0.3 is 11.9 Å². The number of carbonyl (C=O) groups excluding carboxylic acids is 2. The van der Waals surface area contributed by atoms with Crippen molar-refractivity contribution in [3.05, 3.63) is 54.0 Å². The summed E-state index contributed by atoms with van der Waals surface area (Å²) < 4.78 is 54.4. The van der Waals surface area contributed by atoms with Crippen molar-refractivity contribution in [1.82, 2.24) is 9.78 Å². The van der Waals surface area contributed by atoms with Gasteiger partial charge in [-0.05, 0) is 55.8 Å². The minimum Gasteiger partial charge on any atom is -0.482 e. The van der Waals surface area contributed by atoms with E-state index in [1.807, 2.05) is 0 Å². The van der Waals surface area contributed by atoms with Crippen LogP contribution in [0.4, 0.5) is 18.9 Å². The van der Waals surface area contributed by atoms with Crippen LogP contribution in [-0.4, -0.2) is 46.8 Å². The van der Waals surface area contributed by atoms with Gasteiger partial charge in [-0.1, -0.05) is 6.07 Å². The lowest BCUT2D eigenvalue weighted by molar-refractivity contribution is -0.157. The van der Waals surface area contributed by atoms with Gasteiger partial charge in [0.15, 0.2) is 13.2 Å². The molecule has 0 aliphatic carbocycles. The fraction of sp³-hybridized carbons (Fsp3) is 0.292. The first-order chi connectivity index (χ1) is 16.5. The molecule has 35 heavy (non-hydrogen) atoms. The number of alkyl halides is 2. The third-order valence-corrected chi connectivity index (χ3v) is 5.32. The number of ether oxygens (including phenoxy) is 2. The molecule has 0 fully saturated rings. The van der Waals surface area contributed by atoms with E-state index in [1.54, 1.807) is 25.1 Å². The van der Waals surface area contributed by atoms with Gasteiger partial charge in [-0.15, -0.1) is 0 Å². The molecule has 2 heterocycles. The van der Waals surface area contributed by atoms with Crippen molar-refractivity contribution >= 4 is 17.6 Å². The number of benzene rings is 2. The summed E-state index contributed by atoms with van der Waals surface area (Å²) in [6, 6.07) is 9.37. The molecule has 1 aromatic heterocycles. The molecule has 0 saturated heterocycles. The van der Waals surface area contributed by atoms with E-state index in [2.05, 4.69) is 15.2 Å². The van der Waals surface area contributed by atoms with Gasteiger partial charge in [0.2, 0.25) is 0 Å². The Kier molecular flexibility index (Phi) is 6.53. The maximum absolute atomic E-state index is 14.8. The van der Waals surface area contributed by atoms with E-state index in [9.17, 15) is 22.8 Å². The first kappa shape index (κ1) is 24.3. The van der Waals surface area contributed by atoms with Crippen LogP contribution in [0.15, 0.2) is 42.5 Å². The number of nitrogens with one attached hydrogen (secondary N) is 1. The van der Waals surface area contributed by atoms with Crippen LogP contribution in [0.3, 0.4) is 0 Å². The van der Waals surface area contributed by atoms with Crippen molar-refractivity contribution in [3.8, 4) is 28.1 Å². The highest BCUT2D eigenvalue weighted by molar-refractivity contribution is 5.97. The molecule has 0 spiro atoms. The van der Waals surface area contributed by atoms with Crippen molar-refractivity contribution in [1.29, 1.82) is 0 Å². The first-order valence-electron chi connectivity index (χ1n) is 10.7. The van der Waals surface area contributed by atoms with Gasteiger partial charge in [-0.25, -0.2) is 13.2 Å². The Morgan fingerprint density at radius 3 is 2.63 bits per heavy atom. The molecule has 3 N–H and O–H groups in total. The Morgan fingerprint density at radius 1 is 1.26 bits per heavy atom. The van der Waals surface area contributed by atoms with E-state index in [4.69, 9.17) is 10.5 Å². The van der Waals surface area contributed by atoms with E-state index in [0.717, 1.165) is 4.68 Å². The number of aromatic nitrogens is 2. The molecule has 1 aliphatic rings. The number of nitrogens with two attached hydrogens (primary N) is 1. The summed E-state index contributed by atoms with van der Waals surface area (Å²) in [4.78, 5) is 23.3. The smallest absolute Gasteiger partial charge is 0.322 e. The molecule has 1 aliphatic heterocycles. The molecule has 4 rings (SSSR count). The molecule has 0 bridgehead atoms.